The summed E-state index contributed by atoms with van der Waals surface area (Å²) < 4.78 is 36.5. The maximum Gasteiger partial charge on any atom is 0.394 e. The van der Waals surface area contributed by atoms with Crippen LogP contribution in [0.15, 0.2) is 18.2 Å². The highest BCUT2D eigenvalue weighted by Crippen LogP contribution is 2.20. The van der Waals surface area contributed by atoms with E-state index >= 15 is 0 Å². The van der Waals surface area contributed by atoms with Crippen molar-refractivity contribution >= 4 is 21.8 Å². The van der Waals surface area contributed by atoms with Crippen molar-refractivity contribution in [3.63, 3.8) is 0 Å². The zero-order valence-corrected chi connectivity index (χ0v) is 8.73. The van der Waals surface area contributed by atoms with Gasteiger partial charge in [0.2, 0.25) is 0 Å². The van der Waals surface area contributed by atoms with Gasteiger partial charge >= 0.3 is 10.4 Å². The van der Waals surface area contributed by atoms with Gasteiger partial charge in [-0.05, 0) is 12.1 Å². The van der Waals surface area contributed by atoms with Gasteiger partial charge in [0, 0.05) is 6.07 Å². The third-order valence-electron chi connectivity index (χ3n) is 1.29. The van der Waals surface area contributed by atoms with E-state index in [1.54, 1.807) is 25.3 Å². The van der Waals surface area contributed by atoms with Gasteiger partial charge in [-0.15, -0.1) is 0 Å². The summed E-state index contributed by atoms with van der Waals surface area (Å²) in [6.07, 6.45) is 0. The SMILES string of the molecule is COc1ccc(N)c(N)c1.O=S(=O)(O)O. The Hall–Kier alpha value is -1.51. The van der Waals surface area contributed by atoms with E-state index in [0.717, 1.165) is 5.75 Å². The summed E-state index contributed by atoms with van der Waals surface area (Å²) in [6, 6.07) is 5.18. The molecule has 8 heteroatoms. The number of nitrogens with two attached hydrogens (primary N) is 2. The molecule has 1 aromatic rings. The van der Waals surface area contributed by atoms with E-state index < -0.39 is 10.4 Å². The molecule has 0 saturated heterocycles. The van der Waals surface area contributed by atoms with Crippen LogP contribution in [-0.4, -0.2) is 24.6 Å². The molecule has 0 saturated carbocycles. The predicted octanol–water partition coefficient (Wildman–Crippen LogP) is 0.207. The second-order valence-corrected chi connectivity index (χ2v) is 3.34. The van der Waals surface area contributed by atoms with Crippen molar-refractivity contribution in [3.8, 4) is 5.75 Å². The van der Waals surface area contributed by atoms with Gasteiger partial charge in [0.1, 0.15) is 5.75 Å². The third kappa shape index (κ3) is 7.55. The fourth-order valence-electron chi connectivity index (χ4n) is 0.680. The van der Waals surface area contributed by atoms with E-state index in [4.69, 9.17) is 33.7 Å². The standard InChI is InChI=1S/C7H10N2O.H2O4S/c1-10-5-2-3-6(8)7(9)4-5;1-5(2,3)4/h2-4H,8-9H2,1H3;(H2,1,2,3,4). The largest absolute Gasteiger partial charge is 0.497 e. The average Bonchev–Trinajstić information content (AvgIpc) is 2.07. The Kier molecular flexibility index (Phi) is 4.85. The van der Waals surface area contributed by atoms with Gasteiger partial charge in [-0.25, -0.2) is 0 Å². The van der Waals surface area contributed by atoms with Crippen molar-refractivity contribution in [2.24, 2.45) is 0 Å². The van der Waals surface area contributed by atoms with E-state index in [-0.39, 0.29) is 0 Å². The summed E-state index contributed by atoms with van der Waals surface area (Å²) in [4.78, 5) is 0. The Morgan fingerprint density at radius 3 is 2.00 bits per heavy atom. The molecule has 86 valence electrons. The van der Waals surface area contributed by atoms with Gasteiger partial charge in [0.15, 0.2) is 0 Å². The molecule has 0 unspecified atom stereocenters. The monoisotopic (exact) mass is 236 g/mol. The second kappa shape index (κ2) is 5.39. The summed E-state index contributed by atoms with van der Waals surface area (Å²) in [5.74, 6) is 0.728. The minimum absolute atomic E-state index is 0.555. The maximum atomic E-state index is 8.74. The Labute approximate surface area is 87.2 Å². The average molecular weight is 236 g/mol. The zero-order chi connectivity index (χ0) is 12.1. The lowest BCUT2D eigenvalue weighted by molar-refractivity contribution is 0.381. The third-order valence-corrected chi connectivity index (χ3v) is 1.29. The van der Waals surface area contributed by atoms with E-state index in [1.807, 2.05) is 0 Å². The molecule has 0 atom stereocenters. The van der Waals surface area contributed by atoms with Crippen molar-refractivity contribution < 1.29 is 22.3 Å². The summed E-state index contributed by atoms with van der Waals surface area (Å²) in [5, 5.41) is 0. The van der Waals surface area contributed by atoms with Crippen LogP contribution in [0.5, 0.6) is 5.75 Å². The molecule has 0 aromatic heterocycles. The number of nitrogen functional groups attached to an aromatic ring is 2. The molecule has 0 radical (unpaired) electrons. The first-order valence-electron chi connectivity index (χ1n) is 3.63. The highest BCUT2D eigenvalue weighted by Gasteiger charge is 1.94. The predicted molar refractivity (Wildman–Crippen MR) is 56.0 cm³/mol. The first-order chi connectivity index (χ1) is 6.74. The molecule has 7 nitrogen and oxygen atoms in total. The Morgan fingerprint density at radius 2 is 1.67 bits per heavy atom. The van der Waals surface area contributed by atoms with Crippen molar-refractivity contribution in [2.75, 3.05) is 18.6 Å². The molecular weight excluding hydrogens is 224 g/mol. The molecule has 0 fully saturated rings. The zero-order valence-electron chi connectivity index (χ0n) is 7.91. The number of rotatable bonds is 1. The van der Waals surface area contributed by atoms with Crippen molar-refractivity contribution in [1.29, 1.82) is 0 Å². The maximum absolute atomic E-state index is 8.74. The highest BCUT2D eigenvalue weighted by molar-refractivity contribution is 7.79. The molecule has 0 aliphatic rings. The van der Waals surface area contributed by atoms with Gasteiger partial charge in [0.05, 0.1) is 18.5 Å². The van der Waals surface area contributed by atoms with Crippen LogP contribution in [-0.2, 0) is 10.4 Å². The Balaban J connectivity index is 0.000000336. The van der Waals surface area contributed by atoms with Crippen LogP contribution < -0.4 is 16.2 Å². The van der Waals surface area contributed by atoms with Crippen molar-refractivity contribution in [2.45, 2.75) is 0 Å². The molecule has 0 aliphatic carbocycles. The van der Waals surface area contributed by atoms with Gasteiger partial charge < -0.3 is 16.2 Å². The van der Waals surface area contributed by atoms with E-state index in [9.17, 15) is 0 Å². The molecule has 0 heterocycles. The number of anilines is 2. The number of hydrogen-bond donors (Lipinski definition) is 4. The normalized spacial score (nSPS) is 10.1. The second-order valence-electron chi connectivity index (χ2n) is 2.44. The van der Waals surface area contributed by atoms with Crippen LogP contribution >= 0.6 is 0 Å². The van der Waals surface area contributed by atoms with Crippen LogP contribution in [0.2, 0.25) is 0 Å². The van der Waals surface area contributed by atoms with Crippen molar-refractivity contribution in [3.05, 3.63) is 18.2 Å². The van der Waals surface area contributed by atoms with E-state index in [1.165, 1.54) is 0 Å². The number of ether oxygens (including phenoxy) is 1. The van der Waals surface area contributed by atoms with E-state index in [0.29, 0.717) is 11.4 Å². The quantitative estimate of drug-likeness (QED) is 0.404. The number of benzene rings is 1. The first kappa shape index (κ1) is 13.5. The Bertz CT molecular complexity index is 409. The van der Waals surface area contributed by atoms with Crippen LogP contribution in [0.1, 0.15) is 0 Å². The van der Waals surface area contributed by atoms with Gasteiger partial charge in [-0.2, -0.15) is 8.42 Å². The van der Waals surface area contributed by atoms with Gasteiger partial charge in [0.25, 0.3) is 0 Å². The molecular formula is C7H12N2O5S. The van der Waals surface area contributed by atoms with Crippen LogP contribution in [0.4, 0.5) is 11.4 Å². The van der Waals surface area contributed by atoms with Crippen molar-refractivity contribution in [1.82, 2.24) is 0 Å². The minimum Gasteiger partial charge on any atom is -0.497 e. The van der Waals surface area contributed by atoms with Crippen LogP contribution in [0.25, 0.3) is 0 Å². The summed E-state index contributed by atoms with van der Waals surface area (Å²) >= 11 is 0. The molecule has 0 aliphatic heterocycles. The topological polar surface area (TPSA) is 136 Å². The fourth-order valence-corrected chi connectivity index (χ4v) is 0.680. The highest BCUT2D eigenvalue weighted by atomic mass is 32.3. The smallest absolute Gasteiger partial charge is 0.394 e. The molecule has 6 N–H and O–H groups in total. The van der Waals surface area contributed by atoms with Crippen LogP contribution in [0.3, 0.4) is 0 Å². The molecule has 1 rings (SSSR count). The fraction of sp³-hybridized carbons (Fsp3) is 0.143. The van der Waals surface area contributed by atoms with Gasteiger partial charge in [-0.3, -0.25) is 9.11 Å². The summed E-state index contributed by atoms with van der Waals surface area (Å²) in [5.41, 5.74) is 12.1. The Morgan fingerprint density at radius 1 is 1.20 bits per heavy atom. The lowest BCUT2D eigenvalue weighted by atomic mass is 10.2. The molecule has 0 bridgehead atoms. The number of methoxy groups -OCH3 is 1. The molecule has 1 aromatic carbocycles. The molecule has 0 amide bonds. The summed E-state index contributed by atoms with van der Waals surface area (Å²) in [6.45, 7) is 0. The molecule has 15 heavy (non-hydrogen) atoms. The van der Waals surface area contributed by atoms with Gasteiger partial charge in [-0.1, -0.05) is 0 Å². The lowest BCUT2D eigenvalue weighted by Crippen LogP contribution is -1.94. The summed E-state index contributed by atoms with van der Waals surface area (Å²) in [7, 11) is -3.08. The molecule has 0 spiro atoms. The first-order valence-corrected chi connectivity index (χ1v) is 5.02. The minimum atomic E-state index is -4.67. The number of hydrogen-bond acceptors (Lipinski definition) is 5. The lowest BCUT2D eigenvalue weighted by Gasteiger charge is -2.02. The van der Waals surface area contributed by atoms with E-state index in [2.05, 4.69) is 0 Å². The van der Waals surface area contributed by atoms with Crippen LogP contribution in [0, 0.1) is 0 Å².